The SMILES string of the molecule is CO/N=C1\CN(c2nc3c(cc2F)c(=O)c(C(=O)O)cn3C2CC2)CC1CN.O=C(O)c1cn(C2CC2)c2cc(N3CCNCC3)c(F)cc2c1=O. The van der Waals surface area contributed by atoms with Crippen LogP contribution in [-0.2, 0) is 4.84 Å². The summed E-state index contributed by atoms with van der Waals surface area (Å²) >= 11 is 0. The maximum Gasteiger partial charge on any atom is 0.341 e. The zero-order valence-corrected chi connectivity index (χ0v) is 28.3. The van der Waals surface area contributed by atoms with Crippen molar-refractivity contribution in [3.63, 3.8) is 0 Å². The third-order valence-electron chi connectivity index (χ3n) is 9.90. The molecule has 0 amide bonds. The first-order chi connectivity index (χ1) is 25.0. The van der Waals surface area contributed by atoms with Crippen LogP contribution >= 0.6 is 0 Å². The third-order valence-corrected chi connectivity index (χ3v) is 9.90. The fourth-order valence-electron chi connectivity index (χ4n) is 6.91. The molecule has 274 valence electrons. The van der Waals surface area contributed by atoms with E-state index in [-0.39, 0.29) is 51.4 Å². The van der Waals surface area contributed by atoms with Crippen molar-refractivity contribution in [3.05, 3.63) is 73.8 Å². The molecule has 8 rings (SSSR count). The Balaban J connectivity index is 0.000000164. The lowest BCUT2D eigenvalue weighted by atomic mass is 10.1. The molecule has 1 aromatic carbocycles. The lowest BCUT2D eigenvalue weighted by molar-refractivity contribution is 0.0684. The van der Waals surface area contributed by atoms with E-state index in [1.54, 1.807) is 15.5 Å². The molecule has 3 aromatic heterocycles. The summed E-state index contributed by atoms with van der Waals surface area (Å²) in [6, 6.07) is 4.22. The second kappa shape index (κ2) is 14.0. The van der Waals surface area contributed by atoms with Gasteiger partial charge in [0.2, 0.25) is 10.9 Å². The van der Waals surface area contributed by atoms with Crippen molar-refractivity contribution < 1.29 is 33.4 Å². The molecule has 2 aliphatic heterocycles. The van der Waals surface area contributed by atoms with E-state index in [9.17, 15) is 38.2 Å². The number of nitrogens with zero attached hydrogens (tertiary/aromatic N) is 6. The maximum atomic E-state index is 14.9. The molecule has 2 saturated heterocycles. The summed E-state index contributed by atoms with van der Waals surface area (Å²) < 4.78 is 33.0. The second-order valence-electron chi connectivity index (χ2n) is 13.4. The van der Waals surface area contributed by atoms with E-state index < -0.39 is 34.4 Å². The number of aromatic carboxylic acids is 2. The first-order valence-electron chi connectivity index (χ1n) is 17.1. The van der Waals surface area contributed by atoms with Gasteiger partial charge >= 0.3 is 11.9 Å². The number of carboxylic acids is 2. The monoisotopic (exact) mass is 720 g/mol. The highest BCUT2D eigenvalue weighted by atomic mass is 19.1. The number of nitrogens with two attached hydrogens (primary N) is 1. The molecule has 0 spiro atoms. The molecule has 1 unspecified atom stereocenters. The van der Waals surface area contributed by atoms with Crippen LogP contribution in [0.5, 0.6) is 0 Å². The summed E-state index contributed by atoms with van der Waals surface area (Å²) in [5.41, 5.74) is 5.81. The van der Waals surface area contributed by atoms with E-state index in [0.29, 0.717) is 49.6 Å². The number of rotatable bonds is 8. The number of oxime groups is 1. The number of halogens is 2. The minimum absolute atomic E-state index is 0.0339. The van der Waals surface area contributed by atoms with Gasteiger partial charge in [0.1, 0.15) is 29.7 Å². The van der Waals surface area contributed by atoms with Gasteiger partial charge in [-0.1, -0.05) is 5.16 Å². The number of hydrogen-bond donors (Lipinski definition) is 4. The Hall–Kier alpha value is -5.42. The zero-order valence-electron chi connectivity index (χ0n) is 28.3. The summed E-state index contributed by atoms with van der Waals surface area (Å²) in [6.07, 6.45) is 6.31. The molecule has 0 bridgehead atoms. The van der Waals surface area contributed by atoms with Crippen molar-refractivity contribution in [1.29, 1.82) is 0 Å². The van der Waals surface area contributed by atoms with Gasteiger partial charge in [-0.15, -0.1) is 0 Å². The van der Waals surface area contributed by atoms with Gasteiger partial charge in [-0.25, -0.2) is 23.4 Å². The van der Waals surface area contributed by atoms with E-state index in [2.05, 4.69) is 15.5 Å². The number of benzene rings is 1. The van der Waals surface area contributed by atoms with Crippen molar-refractivity contribution >= 4 is 51.1 Å². The van der Waals surface area contributed by atoms with E-state index in [1.807, 2.05) is 9.47 Å². The molecule has 1 atom stereocenters. The van der Waals surface area contributed by atoms with Crippen LogP contribution < -0.4 is 31.7 Å². The number of fused-ring (bicyclic) bond motifs is 2. The van der Waals surface area contributed by atoms with Gasteiger partial charge in [-0.05, 0) is 43.9 Å². The first kappa shape index (κ1) is 35.0. The largest absolute Gasteiger partial charge is 0.477 e. The second-order valence-corrected chi connectivity index (χ2v) is 13.4. The molecule has 52 heavy (non-hydrogen) atoms. The number of carboxylic acid groups (broad SMARTS) is 2. The summed E-state index contributed by atoms with van der Waals surface area (Å²) in [4.78, 5) is 60.6. The van der Waals surface area contributed by atoms with Crippen molar-refractivity contribution in [2.45, 2.75) is 37.8 Å². The third kappa shape index (κ3) is 6.56. The van der Waals surface area contributed by atoms with Crippen LogP contribution in [0.2, 0.25) is 0 Å². The Labute approximate surface area is 294 Å². The van der Waals surface area contributed by atoms with Crippen LogP contribution in [0.15, 0.2) is 45.3 Å². The normalized spacial score (nSPS) is 19.6. The van der Waals surface area contributed by atoms with Gasteiger partial charge in [-0.3, -0.25) is 9.59 Å². The van der Waals surface area contributed by atoms with Gasteiger partial charge < -0.3 is 45.0 Å². The maximum absolute atomic E-state index is 14.9. The lowest BCUT2D eigenvalue weighted by Gasteiger charge is -2.30. The zero-order chi connectivity index (χ0) is 36.8. The van der Waals surface area contributed by atoms with Gasteiger partial charge in [0.05, 0.1) is 28.8 Å². The Morgan fingerprint density at radius 3 is 2.12 bits per heavy atom. The lowest BCUT2D eigenvalue weighted by Crippen LogP contribution is -2.43. The van der Waals surface area contributed by atoms with Crippen LogP contribution in [-0.4, -0.2) is 94.9 Å². The number of hydrogen-bond acceptors (Lipinski definition) is 11. The Bertz CT molecular complexity index is 2240. The molecular weight excluding hydrogens is 682 g/mol. The van der Waals surface area contributed by atoms with Gasteiger partial charge in [0.15, 0.2) is 11.6 Å². The average Bonchev–Trinajstić information content (AvgIpc) is 4.07. The van der Waals surface area contributed by atoms with E-state index >= 15 is 0 Å². The Morgan fingerprint density at radius 1 is 0.923 bits per heavy atom. The van der Waals surface area contributed by atoms with Crippen molar-refractivity contribution in [2.24, 2.45) is 16.8 Å². The topological polar surface area (TPSA) is 198 Å². The van der Waals surface area contributed by atoms with Crippen molar-refractivity contribution in [1.82, 2.24) is 19.4 Å². The number of aromatic nitrogens is 3. The van der Waals surface area contributed by atoms with Crippen molar-refractivity contribution in [2.75, 3.05) is 62.7 Å². The highest BCUT2D eigenvalue weighted by Gasteiger charge is 2.33. The smallest absolute Gasteiger partial charge is 0.341 e. The summed E-state index contributed by atoms with van der Waals surface area (Å²) in [5, 5.41) is 25.9. The first-order valence-corrected chi connectivity index (χ1v) is 17.1. The predicted octanol–water partition coefficient (Wildman–Crippen LogP) is 2.55. The van der Waals surface area contributed by atoms with Gasteiger partial charge in [-0.2, -0.15) is 0 Å². The fraction of sp³-hybridized carbons (Fsp3) is 0.429. The molecule has 4 fully saturated rings. The number of pyridine rings is 3. The number of anilines is 2. The summed E-state index contributed by atoms with van der Waals surface area (Å²) in [5.74, 6) is -3.78. The number of piperazine rings is 1. The standard InChI is InChI=1S/C18H20FN5O4.C17H18FN3O3/c1-28-22-14-8-23(6-9(14)5-20)17-13(19)4-11-15(25)12(18(26)27)7-24(10-2-3-10)16(11)21-17;18-13-7-11-14(8-15(13)20-5-3-19-4-6-20)21(10-1-2-10)9-12(16(11)22)17(23)24/h4,7,9-10H,2-3,5-6,8,20H2,1H3,(H,26,27);7-10,19H,1-6H2,(H,23,24)/b22-14+;. The molecule has 17 heteroatoms. The quantitative estimate of drug-likeness (QED) is 0.195. The minimum atomic E-state index is -1.34. The Morgan fingerprint density at radius 2 is 1.52 bits per heavy atom. The minimum Gasteiger partial charge on any atom is -0.477 e. The molecule has 5 heterocycles. The number of carbonyl (C=O) groups is 2. The predicted molar refractivity (Wildman–Crippen MR) is 189 cm³/mol. The molecule has 0 radical (unpaired) electrons. The van der Waals surface area contributed by atoms with Crippen LogP contribution in [0.4, 0.5) is 20.3 Å². The molecule has 2 aliphatic carbocycles. The summed E-state index contributed by atoms with van der Waals surface area (Å²) in [6.45, 7) is 4.03. The molecule has 2 saturated carbocycles. The van der Waals surface area contributed by atoms with Crippen LogP contribution in [0, 0.1) is 17.6 Å². The van der Waals surface area contributed by atoms with Crippen molar-refractivity contribution in [3.8, 4) is 0 Å². The van der Waals surface area contributed by atoms with Crippen LogP contribution in [0.3, 0.4) is 0 Å². The van der Waals surface area contributed by atoms with Gasteiger partial charge in [0, 0.05) is 75.1 Å². The van der Waals surface area contributed by atoms with Gasteiger partial charge in [0.25, 0.3) is 0 Å². The van der Waals surface area contributed by atoms with E-state index in [0.717, 1.165) is 44.8 Å². The fourth-order valence-corrected chi connectivity index (χ4v) is 6.91. The average molecular weight is 721 g/mol. The van der Waals surface area contributed by atoms with Crippen LogP contribution in [0.25, 0.3) is 21.9 Å². The molecule has 4 aromatic rings. The highest BCUT2D eigenvalue weighted by molar-refractivity contribution is 5.95. The highest BCUT2D eigenvalue weighted by Crippen LogP contribution is 2.39. The molecule has 15 nitrogen and oxygen atoms in total. The number of nitrogens with one attached hydrogen (secondary N) is 1. The van der Waals surface area contributed by atoms with Crippen LogP contribution in [0.1, 0.15) is 58.5 Å². The molecule has 4 aliphatic rings. The molecular formula is C35H38F2N8O7. The Kier molecular flexibility index (Phi) is 9.39. The summed E-state index contributed by atoms with van der Waals surface area (Å²) in [7, 11) is 1.44. The van der Waals surface area contributed by atoms with E-state index in [4.69, 9.17) is 10.6 Å². The molecule has 5 N–H and O–H groups in total. The van der Waals surface area contributed by atoms with E-state index in [1.165, 1.54) is 25.6 Å².